The second-order valence-corrected chi connectivity index (χ2v) is 8.75. The van der Waals surface area contributed by atoms with Crippen LogP contribution in [0.5, 0.6) is 5.75 Å². The zero-order valence-corrected chi connectivity index (χ0v) is 17.7. The van der Waals surface area contributed by atoms with E-state index < -0.39 is 0 Å². The molecular formula is C25H30N2O. The third-order valence-corrected chi connectivity index (χ3v) is 5.08. The molecule has 2 N–H and O–H groups in total. The van der Waals surface area contributed by atoms with Gasteiger partial charge in [-0.05, 0) is 63.9 Å². The third-order valence-electron chi connectivity index (χ3n) is 5.08. The van der Waals surface area contributed by atoms with Crippen LogP contribution in [0.4, 0.5) is 0 Å². The summed E-state index contributed by atoms with van der Waals surface area (Å²) in [6, 6.07) is 16.1. The smallest absolute Gasteiger partial charge is 0.116 e. The zero-order chi connectivity index (χ0) is 20.5. The monoisotopic (exact) mass is 374 g/mol. The number of aromatic nitrogens is 2. The number of nitrogens with one attached hydrogen (secondary N) is 1. The molecule has 0 fully saturated rings. The first kappa shape index (κ1) is 19.9. The van der Waals surface area contributed by atoms with E-state index in [9.17, 15) is 5.11 Å². The van der Waals surface area contributed by atoms with Crippen molar-refractivity contribution in [2.75, 3.05) is 0 Å². The minimum absolute atomic E-state index is 0.174. The Labute approximate surface area is 167 Å². The number of benzene rings is 3. The van der Waals surface area contributed by atoms with Crippen molar-refractivity contribution >= 4 is 21.7 Å². The molecule has 0 aliphatic carbocycles. The van der Waals surface area contributed by atoms with E-state index in [2.05, 4.69) is 69.9 Å². The number of hydrogen-bond acceptors (Lipinski definition) is 2. The molecule has 3 nitrogen and oxygen atoms in total. The molecule has 0 aliphatic rings. The fraction of sp³-hybridized carbons (Fsp3) is 0.320. The van der Waals surface area contributed by atoms with Crippen LogP contribution in [0.3, 0.4) is 0 Å². The van der Waals surface area contributed by atoms with E-state index in [1.807, 2.05) is 30.5 Å². The number of aromatic amines is 1. The average molecular weight is 375 g/mol. The van der Waals surface area contributed by atoms with E-state index in [0.29, 0.717) is 11.7 Å². The SMILES string of the molecule is CC(C)c1cc(O)cc2ccccc12.Cc1ccc2[nH]ncc2c1C(C)(C)C. The molecule has 0 atom stereocenters. The van der Waals surface area contributed by atoms with Crippen LogP contribution >= 0.6 is 0 Å². The summed E-state index contributed by atoms with van der Waals surface area (Å²) >= 11 is 0. The van der Waals surface area contributed by atoms with E-state index in [4.69, 9.17) is 0 Å². The number of hydrogen-bond donors (Lipinski definition) is 2. The molecule has 28 heavy (non-hydrogen) atoms. The maximum absolute atomic E-state index is 9.56. The van der Waals surface area contributed by atoms with E-state index in [1.165, 1.54) is 27.5 Å². The van der Waals surface area contributed by atoms with Crippen molar-refractivity contribution in [3.8, 4) is 5.75 Å². The van der Waals surface area contributed by atoms with Gasteiger partial charge in [-0.3, -0.25) is 5.10 Å². The van der Waals surface area contributed by atoms with Crippen molar-refractivity contribution in [3.63, 3.8) is 0 Å². The lowest BCUT2D eigenvalue weighted by Gasteiger charge is -2.22. The Bertz CT molecular complexity index is 1100. The molecule has 146 valence electrons. The molecule has 0 spiro atoms. The van der Waals surface area contributed by atoms with Crippen molar-refractivity contribution in [1.82, 2.24) is 10.2 Å². The lowest BCUT2D eigenvalue weighted by atomic mass is 9.82. The molecule has 0 saturated heterocycles. The molecular weight excluding hydrogens is 344 g/mol. The first-order valence-electron chi connectivity index (χ1n) is 9.83. The number of aromatic hydroxyl groups is 1. The van der Waals surface area contributed by atoms with Gasteiger partial charge in [0, 0.05) is 5.39 Å². The minimum Gasteiger partial charge on any atom is -0.508 e. The summed E-state index contributed by atoms with van der Waals surface area (Å²) in [6.45, 7) is 13.2. The van der Waals surface area contributed by atoms with Gasteiger partial charge in [-0.25, -0.2) is 0 Å². The van der Waals surface area contributed by atoms with Crippen LogP contribution < -0.4 is 0 Å². The largest absolute Gasteiger partial charge is 0.508 e. The van der Waals surface area contributed by atoms with Gasteiger partial charge in [0.25, 0.3) is 0 Å². The van der Waals surface area contributed by atoms with Crippen molar-refractivity contribution < 1.29 is 5.11 Å². The predicted octanol–water partition coefficient (Wildman–Crippen LogP) is 6.84. The number of nitrogens with zero attached hydrogens (tertiary/aromatic N) is 1. The highest BCUT2D eigenvalue weighted by Crippen LogP contribution is 2.32. The van der Waals surface area contributed by atoms with Crippen LogP contribution in [0.25, 0.3) is 21.7 Å². The molecule has 0 unspecified atom stereocenters. The van der Waals surface area contributed by atoms with E-state index >= 15 is 0 Å². The maximum atomic E-state index is 9.56. The van der Waals surface area contributed by atoms with E-state index in [-0.39, 0.29) is 5.41 Å². The quantitative estimate of drug-likeness (QED) is 0.383. The van der Waals surface area contributed by atoms with Gasteiger partial charge in [0.1, 0.15) is 5.75 Å². The van der Waals surface area contributed by atoms with Crippen molar-refractivity contribution in [2.24, 2.45) is 0 Å². The van der Waals surface area contributed by atoms with Crippen LogP contribution in [-0.2, 0) is 5.41 Å². The van der Waals surface area contributed by atoms with Crippen molar-refractivity contribution in [1.29, 1.82) is 0 Å². The van der Waals surface area contributed by atoms with Crippen LogP contribution in [0.15, 0.2) is 54.7 Å². The van der Waals surface area contributed by atoms with E-state index in [1.54, 1.807) is 6.07 Å². The average Bonchev–Trinajstić information content (AvgIpc) is 3.08. The molecule has 1 heterocycles. The van der Waals surface area contributed by atoms with Crippen molar-refractivity contribution in [3.05, 3.63) is 71.4 Å². The van der Waals surface area contributed by atoms with Crippen LogP contribution in [0, 0.1) is 6.92 Å². The van der Waals surface area contributed by atoms with Gasteiger partial charge >= 0.3 is 0 Å². The van der Waals surface area contributed by atoms with Gasteiger partial charge in [0.15, 0.2) is 0 Å². The molecule has 1 aromatic heterocycles. The number of phenols is 1. The summed E-state index contributed by atoms with van der Waals surface area (Å²) in [6.07, 6.45) is 1.92. The molecule has 0 saturated carbocycles. The number of fused-ring (bicyclic) bond motifs is 2. The van der Waals surface area contributed by atoms with E-state index in [0.717, 1.165) is 10.9 Å². The minimum atomic E-state index is 0.174. The molecule has 3 heteroatoms. The second kappa shape index (κ2) is 7.67. The van der Waals surface area contributed by atoms with Crippen molar-refractivity contribution in [2.45, 2.75) is 52.9 Å². The fourth-order valence-corrected chi connectivity index (χ4v) is 3.92. The summed E-state index contributed by atoms with van der Waals surface area (Å²) < 4.78 is 0. The molecule has 3 aromatic carbocycles. The number of rotatable bonds is 1. The summed E-state index contributed by atoms with van der Waals surface area (Å²) in [7, 11) is 0. The number of phenolic OH excluding ortho intramolecular Hbond substituents is 1. The lowest BCUT2D eigenvalue weighted by molar-refractivity contribution is 0.475. The molecule has 4 aromatic rings. The van der Waals surface area contributed by atoms with Crippen LogP contribution in [0.1, 0.15) is 57.2 Å². The van der Waals surface area contributed by atoms with Gasteiger partial charge in [-0.2, -0.15) is 5.10 Å². The Balaban J connectivity index is 0.000000161. The predicted molar refractivity (Wildman–Crippen MR) is 119 cm³/mol. The summed E-state index contributed by atoms with van der Waals surface area (Å²) in [5.41, 5.74) is 5.24. The van der Waals surface area contributed by atoms with Gasteiger partial charge in [0.05, 0.1) is 11.7 Å². The normalized spacial score (nSPS) is 11.7. The number of H-pyrrole nitrogens is 1. The molecule has 0 bridgehead atoms. The third kappa shape index (κ3) is 4.04. The first-order chi connectivity index (χ1) is 13.2. The molecule has 0 amide bonds. The highest BCUT2D eigenvalue weighted by molar-refractivity contribution is 5.87. The van der Waals surface area contributed by atoms with Gasteiger partial charge in [-0.15, -0.1) is 0 Å². The molecule has 4 rings (SSSR count). The highest BCUT2D eigenvalue weighted by Gasteiger charge is 2.19. The van der Waals surface area contributed by atoms with Crippen LogP contribution in [0.2, 0.25) is 0 Å². The fourth-order valence-electron chi connectivity index (χ4n) is 3.92. The standard InChI is InChI=1S/C13H14O.C12H16N2/c1-9(2)13-8-11(14)7-10-5-3-4-6-12(10)13;1-8-5-6-10-9(7-13-14-10)11(8)12(2,3)4/h3-9,14H,1-2H3;5-7H,1-4H3,(H,13,14). The molecule has 0 radical (unpaired) electrons. The maximum Gasteiger partial charge on any atom is 0.116 e. The number of aryl methyl sites for hydroxylation is 1. The van der Waals surface area contributed by atoms with Gasteiger partial charge in [-0.1, -0.05) is 65.0 Å². The highest BCUT2D eigenvalue weighted by atomic mass is 16.3. The Hall–Kier alpha value is -2.81. The topological polar surface area (TPSA) is 48.9 Å². The van der Waals surface area contributed by atoms with Gasteiger partial charge < -0.3 is 5.11 Å². The summed E-state index contributed by atoms with van der Waals surface area (Å²) in [5.74, 6) is 0.791. The first-order valence-corrected chi connectivity index (χ1v) is 9.83. The zero-order valence-electron chi connectivity index (χ0n) is 17.7. The second-order valence-electron chi connectivity index (χ2n) is 8.75. The summed E-state index contributed by atoms with van der Waals surface area (Å²) in [5, 5.41) is 20.3. The molecule has 0 aliphatic heterocycles. The Morgan fingerprint density at radius 3 is 2.36 bits per heavy atom. The lowest BCUT2D eigenvalue weighted by Crippen LogP contribution is -2.13. The Morgan fingerprint density at radius 2 is 1.68 bits per heavy atom. The van der Waals surface area contributed by atoms with Crippen LogP contribution in [-0.4, -0.2) is 15.3 Å². The Kier molecular flexibility index (Phi) is 5.46. The van der Waals surface area contributed by atoms with Gasteiger partial charge in [0.2, 0.25) is 0 Å². The summed E-state index contributed by atoms with van der Waals surface area (Å²) in [4.78, 5) is 0. The Morgan fingerprint density at radius 1 is 0.964 bits per heavy atom.